The van der Waals surface area contributed by atoms with E-state index in [2.05, 4.69) is 31.4 Å². The van der Waals surface area contributed by atoms with Crippen molar-refractivity contribution in [2.45, 2.75) is 0 Å². The van der Waals surface area contributed by atoms with Crippen LogP contribution in [0.2, 0.25) is 0 Å². The van der Waals surface area contributed by atoms with Gasteiger partial charge in [0.05, 0.1) is 26.1 Å². The van der Waals surface area contributed by atoms with Gasteiger partial charge in [0.25, 0.3) is 0 Å². The molecular formula is C18H16BrN3O2S. The zero-order valence-electron chi connectivity index (χ0n) is 13.7. The molecule has 0 radical (unpaired) electrons. The van der Waals surface area contributed by atoms with Crippen LogP contribution in [0, 0.1) is 0 Å². The summed E-state index contributed by atoms with van der Waals surface area (Å²) in [6.45, 7) is 0. The highest BCUT2D eigenvalue weighted by atomic mass is 79.9. The van der Waals surface area contributed by atoms with Crippen LogP contribution in [0.3, 0.4) is 0 Å². The zero-order valence-corrected chi connectivity index (χ0v) is 16.1. The number of thiazole rings is 1. The fourth-order valence-corrected chi connectivity index (χ4v) is 3.11. The van der Waals surface area contributed by atoms with Crippen LogP contribution in [0.4, 0.5) is 5.13 Å². The van der Waals surface area contributed by atoms with Crippen molar-refractivity contribution in [3.8, 4) is 22.8 Å². The normalized spacial score (nSPS) is 10.8. The van der Waals surface area contributed by atoms with E-state index in [9.17, 15) is 0 Å². The van der Waals surface area contributed by atoms with Crippen LogP contribution in [0.25, 0.3) is 11.3 Å². The van der Waals surface area contributed by atoms with Gasteiger partial charge >= 0.3 is 0 Å². The van der Waals surface area contributed by atoms with Crippen LogP contribution >= 0.6 is 27.3 Å². The molecule has 2 aromatic carbocycles. The van der Waals surface area contributed by atoms with E-state index < -0.39 is 0 Å². The van der Waals surface area contributed by atoms with Gasteiger partial charge in [0.15, 0.2) is 0 Å². The number of hydrazone groups is 1. The Morgan fingerprint density at radius 3 is 2.64 bits per heavy atom. The van der Waals surface area contributed by atoms with Gasteiger partial charge in [-0.2, -0.15) is 5.10 Å². The van der Waals surface area contributed by atoms with Gasteiger partial charge in [0.2, 0.25) is 5.13 Å². The monoisotopic (exact) mass is 417 g/mol. The number of rotatable bonds is 6. The first-order chi connectivity index (χ1) is 12.2. The summed E-state index contributed by atoms with van der Waals surface area (Å²) in [5.41, 5.74) is 5.75. The Morgan fingerprint density at radius 1 is 1.12 bits per heavy atom. The van der Waals surface area contributed by atoms with Crippen LogP contribution in [0.5, 0.6) is 11.5 Å². The summed E-state index contributed by atoms with van der Waals surface area (Å²) in [6, 6.07) is 13.6. The molecule has 0 unspecified atom stereocenters. The van der Waals surface area contributed by atoms with Gasteiger partial charge in [-0.15, -0.1) is 11.3 Å². The standard InChI is InChI=1S/C18H16BrN3O2S/c1-23-15-7-8-17(24-2)13(9-15)10-20-22-18-21-16(11-25-18)12-3-5-14(19)6-4-12/h3-11H,1-2H3,(H,21,22)/b20-10-. The minimum atomic E-state index is 0.719. The number of nitrogens with zero attached hydrogens (tertiary/aromatic N) is 2. The minimum Gasteiger partial charge on any atom is -0.497 e. The van der Waals surface area contributed by atoms with Crippen molar-refractivity contribution in [1.82, 2.24) is 4.98 Å². The van der Waals surface area contributed by atoms with Crippen molar-refractivity contribution in [3.05, 3.63) is 57.9 Å². The number of ether oxygens (including phenoxy) is 2. The lowest BCUT2D eigenvalue weighted by molar-refractivity contribution is 0.402. The second-order valence-corrected chi connectivity index (χ2v) is 6.80. The second-order valence-electron chi connectivity index (χ2n) is 5.02. The predicted molar refractivity (Wildman–Crippen MR) is 106 cm³/mol. The molecule has 25 heavy (non-hydrogen) atoms. The molecule has 1 aromatic heterocycles. The molecule has 1 N–H and O–H groups in total. The average molecular weight is 418 g/mol. The number of nitrogens with one attached hydrogen (secondary N) is 1. The van der Waals surface area contributed by atoms with Crippen LogP contribution in [-0.4, -0.2) is 25.4 Å². The van der Waals surface area contributed by atoms with Crippen molar-refractivity contribution in [2.24, 2.45) is 5.10 Å². The van der Waals surface area contributed by atoms with E-state index in [1.54, 1.807) is 20.4 Å². The van der Waals surface area contributed by atoms with Crippen LogP contribution in [0.1, 0.15) is 5.56 Å². The molecule has 0 amide bonds. The highest BCUT2D eigenvalue weighted by Crippen LogP contribution is 2.26. The van der Waals surface area contributed by atoms with Crippen molar-refractivity contribution in [2.75, 3.05) is 19.6 Å². The molecule has 0 saturated carbocycles. The zero-order chi connectivity index (χ0) is 17.6. The topological polar surface area (TPSA) is 55.7 Å². The van der Waals surface area contributed by atoms with Crippen molar-refractivity contribution in [1.29, 1.82) is 0 Å². The van der Waals surface area contributed by atoms with E-state index in [-0.39, 0.29) is 0 Å². The Balaban J connectivity index is 1.72. The Bertz CT molecular complexity index is 878. The van der Waals surface area contributed by atoms with Gasteiger partial charge in [-0.1, -0.05) is 28.1 Å². The summed E-state index contributed by atoms with van der Waals surface area (Å²) in [4.78, 5) is 4.54. The smallest absolute Gasteiger partial charge is 0.203 e. The number of hydrogen-bond acceptors (Lipinski definition) is 6. The number of benzene rings is 2. The molecule has 0 atom stereocenters. The maximum Gasteiger partial charge on any atom is 0.203 e. The molecule has 128 valence electrons. The molecule has 7 heteroatoms. The summed E-state index contributed by atoms with van der Waals surface area (Å²) in [6.07, 6.45) is 1.68. The molecule has 0 spiro atoms. The molecule has 0 fully saturated rings. The Kier molecular flexibility index (Phi) is 5.67. The summed E-state index contributed by atoms with van der Waals surface area (Å²) in [7, 11) is 3.25. The van der Waals surface area contributed by atoms with Crippen molar-refractivity contribution >= 4 is 38.6 Å². The second kappa shape index (κ2) is 8.13. The molecule has 0 bridgehead atoms. The van der Waals surface area contributed by atoms with Crippen molar-refractivity contribution < 1.29 is 9.47 Å². The van der Waals surface area contributed by atoms with E-state index in [1.807, 2.05) is 47.8 Å². The number of halogens is 1. The largest absolute Gasteiger partial charge is 0.497 e. The lowest BCUT2D eigenvalue weighted by Crippen LogP contribution is -1.95. The summed E-state index contributed by atoms with van der Waals surface area (Å²) >= 11 is 4.93. The first kappa shape index (κ1) is 17.4. The average Bonchev–Trinajstić information content (AvgIpc) is 3.11. The minimum absolute atomic E-state index is 0.719. The van der Waals surface area contributed by atoms with Crippen LogP contribution in [0.15, 0.2) is 57.4 Å². The number of aromatic nitrogens is 1. The first-order valence-corrected chi connectivity index (χ1v) is 9.09. The summed E-state index contributed by atoms with van der Waals surface area (Å²) < 4.78 is 11.6. The molecule has 0 aliphatic heterocycles. The third kappa shape index (κ3) is 4.37. The number of hydrogen-bond donors (Lipinski definition) is 1. The van der Waals surface area contributed by atoms with Crippen LogP contribution < -0.4 is 14.9 Å². The van der Waals surface area contributed by atoms with E-state index in [0.29, 0.717) is 0 Å². The van der Waals surface area contributed by atoms with Crippen LogP contribution in [-0.2, 0) is 0 Å². The summed E-state index contributed by atoms with van der Waals surface area (Å²) in [5, 5.41) is 6.96. The Morgan fingerprint density at radius 2 is 1.92 bits per heavy atom. The van der Waals surface area contributed by atoms with Gasteiger partial charge in [-0.05, 0) is 30.3 Å². The van der Waals surface area contributed by atoms with Gasteiger partial charge < -0.3 is 9.47 Å². The number of methoxy groups -OCH3 is 2. The highest BCUT2D eigenvalue weighted by molar-refractivity contribution is 9.10. The summed E-state index contributed by atoms with van der Waals surface area (Å²) in [5.74, 6) is 1.47. The van der Waals surface area contributed by atoms with E-state index in [0.717, 1.165) is 37.9 Å². The van der Waals surface area contributed by atoms with Gasteiger partial charge in [-0.3, -0.25) is 5.43 Å². The Labute approximate surface area is 158 Å². The number of anilines is 1. The molecule has 0 aliphatic rings. The lowest BCUT2D eigenvalue weighted by Gasteiger charge is -2.06. The third-order valence-electron chi connectivity index (χ3n) is 3.44. The fourth-order valence-electron chi connectivity index (χ4n) is 2.18. The molecule has 3 rings (SSSR count). The maximum atomic E-state index is 5.33. The Hall–Kier alpha value is -2.38. The molecule has 5 nitrogen and oxygen atoms in total. The van der Waals surface area contributed by atoms with E-state index in [4.69, 9.17) is 9.47 Å². The molecule has 3 aromatic rings. The predicted octanol–water partition coefficient (Wildman–Crippen LogP) is 5.04. The molecule has 0 aliphatic carbocycles. The van der Waals surface area contributed by atoms with Gasteiger partial charge in [0, 0.05) is 21.0 Å². The van der Waals surface area contributed by atoms with Crippen molar-refractivity contribution in [3.63, 3.8) is 0 Å². The molecular weight excluding hydrogens is 402 g/mol. The SMILES string of the molecule is COc1ccc(OC)c(/C=N\Nc2nc(-c3ccc(Br)cc3)cs2)c1. The fraction of sp³-hybridized carbons (Fsp3) is 0.111. The highest BCUT2D eigenvalue weighted by Gasteiger charge is 2.05. The first-order valence-electron chi connectivity index (χ1n) is 7.42. The van der Waals surface area contributed by atoms with Gasteiger partial charge in [0.1, 0.15) is 11.5 Å². The lowest BCUT2D eigenvalue weighted by atomic mass is 10.2. The van der Waals surface area contributed by atoms with Gasteiger partial charge in [-0.25, -0.2) is 4.98 Å². The van der Waals surface area contributed by atoms with E-state index in [1.165, 1.54) is 11.3 Å². The maximum absolute atomic E-state index is 5.33. The third-order valence-corrected chi connectivity index (χ3v) is 4.72. The quantitative estimate of drug-likeness (QED) is 0.450. The molecule has 1 heterocycles. The molecule has 0 saturated heterocycles. The van der Waals surface area contributed by atoms with E-state index >= 15 is 0 Å².